The lowest BCUT2D eigenvalue weighted by Crippen LogP contribution is -2.36. The van der Waals surface area contributed by atoms with Crippen molar-refractivity contribution in [2.75, 3.05) is 0 Å². The molecule has 116 valence electrons. The molecule has 0 bridgehead atoms. The first-order valence-corrected chi connectivity index (χ1v) is 8.56. The van der Waals surface area contributed by atoms with E-state index in [4.69, 9.17) is 0 Å². The molecule has 1 heterocycles. The summed E-state index contributed by atoms with van der Waals surface area (Å²) in [6.45, 7) is 4.17. The molecule has 0 aliphatic rings. The van der Waals surface area contributed by atoms with Crippen LogP contribution in [0.2, 0.25) is 0 Å². The van der Waals surface area contributed by atoms with E-state index in [2.05, 4.69) is 6.58 Å². The summed E-state index contributed by atoms with van der Waals surface area (Å²) in [5, 5.41) is -0.921. The second-order valence-electron chi connectivity index (χ2n) is 5.17. The summed E-state index contributed by atoms with van der Waals surface area (Å²) in [5.41, 5.74) is 1.80. The highest BCUT2D eigenvalue weighted by Gasteiger charge is 2.19. The average Bonchev–Trinajstić information content (AvgIpc) is 2.52. The molecular weight excluding hydrogens is 298 g/mol. The van der Waals surface area contributed by atoms with E-state index in [1.807, 2.05) is 59.4 Å². The van der Waals surface area contributed by atoms with E-state index < -0.39 is 15.4 Å². The van der Waals surface area contributed by atoms with Gasteiger partial charge in [-0.25, -0.2) is 13.0 Å². The third kappa shape index (κ3) is 4.79. The van der Waals surface area contributed by atoms with Crippen molar-refractivity contribution in [1.29, 1.82) is 0 Å². The standard InChI is InChI=1S/C17H19NO3S/c1-2-15-6-8-16(9-7-15)14-17(22(19,20)21)10-13-18-11-4-3-5-12-18/h2-9,11-12,17H,1,10,13-14H2. The topological polar surface area (TPSA) is 61.1 Å². The number of pyridine rings is 1. The molecule has 2 aromatic rings. The van der Waals surface area contributed by atoms with Crippen molar-refractivity contribution in [3.63, 3.8) is 0 Å². The van der Waals surface area contributed by atoms with E-state index in [1.165, 1.54) is 0 Å². The zero-order chi connectivity index (χ0) is 16.0. The van der Waals surface area contributed by atoms with Gasteiger partial charge in [-0.15, -0.1) is 0 Å². The summed E-state index contributed by atoms with van der Waals surface area (Å²) in [4.78, 5) is 0. The fourth-order valence-electron chi connectivity index (χ4n) is 2.28. The predicted octanol–water partition coefficient (Wildman–Crippen LogP) is 2.16. The minimum Gasteiger partial charge on any atom is -0.748 e. The van der Waals surface area contributed by atoms with Crippen LogP contribution in [-0.2, 0) is 23.1 Å². The molecule has 0 amide bonds. The van der Waals surface area contributed by atoms with Gasteiger partial charge in [0.2, 0.25) is 0 Å². The van der Waals surface area contributed by atoms with E-state index in [9.17, 15) is 13.0 Å². The molecule has 2 rings (SSSR count). The average molecular weight is 317 g/mol. The van der Waals surface area contributed by atoms with Crippen molar-refractivity contribution in [3.8, 4) is 0 Å². The Morgan fingerprint density at radius 3 is 2.32 bits per heavy atom. The van der Waals surface area contributed by atoms with Gasteiger partial charge in [-0.3, -0.25) is 0 Å². The van der Waals surface area contributed by atoms with Crippen LogP contribution in [0.25, 0.3) is 6.08 Å². The molecule has 0 N–H and O–H groups in total. The van der Waals surface area contributed by atoms with Crippen molar-refractivity contribution in [2.45, 2.75) is 24.6 Å². The van der Waals surface area contributed by atoms with Crippen molar-refractivity contribution >= 4 is 16.2 Å². The number of nitrogens with zero attached hydrogens (tertiary/aromatic N) is 1. The van der Waals surface area contributed by atoms with Crippen molar-refractivity contribution in [3.05, 3.63) is 72.6 Å². The first-order chi connectivity index (χ1) is 10.5. The maximum atomic E-state index is 11.5. The van der Waals surface area contributed by atoms with Gasteiger partial charge in [0.05, 0.1) is 15.4 Å². The first kappa shape index (κ1) is 16.4. The highest BCUT2D eigenvalue weighted by molar-refractivity contribution is 7.86. The van der Waals surface area contributed by atoms with Crippen LogP contribution in [0.1, 0.15) is 17.5 Å². The summed E-state index contributed by atoms with van der Waals surface area (Å²) in [6, 6.07) is 13.0. The second-order valence-corrected chi connectivity index (χ2v) is 6.82. The van der Waals surface area contributed by atoms with E-state index in [0.717, 1.165) is 11.1 Å². The van der Waals surface area contributed by atoms with Crippen LogP contribution < -0.4 is 4.57 Å². The molecule has 0 saturated carbocycles. The summed E-state index contributed by atoms with van der Waals surface area (Å²) in [6.07, 6.45) is 5.96. The van der Waals surface area contributed by atoms with E-state index in [1.54, 1.807) is 6.08 Å². The Morgan fingerprint density at radius 2 is 1.77 bits per heavy atom. The number of rotatable bonds is 7. The molecule has 22 heavy (non-hydrogen) atoms. The molecule has 0 fully saturated rings. The van der Waals surface area contributed by atoms with Crippen molar-refractivity contribution in [1.82, 2.24) is 0 Å². The van der Waals surface area contributed by atoms with Crippen molar-refractivity contribution in [2.24, 2.45) is 0 Å². The lowest BCUT2D eigenvalue weighted by Gasteiger charge is -2.19. The molecular formula is C17H19NO3S. The number of benzene rings is 1. The van der Waals surface area contributed by atoms with Crippen LogP contribution in [0.15, 0.2) is 61.4 Å². The molecule has 1 atom stereocenters. The van der Waals surface area contributed by atoms with Gasteiger partial charge in [0.25, 0.3) is 0 Å². The largest absolute Gasteiger partial charge is 0.748 e. The third-order valence-corrected chi connectivity index (χ3v) is 4.79. The molecule has 0 aliphatic heterocycles. The minimum atomic E-state index is -4.33. The number of hydrogen-bond donors (Lipinski definition) is 0. The van der Waals surface area contributed by atoms with E-state index in [-0.39, 0.29) is 6.42 Å². The van der Waals surface area contributed by atoms with Gasteiger partial charge in [-0.2, -0.15) is 0 Å². The summed E-state index contributed by atoms with van der Waals surface area (Å²) < 4.78 is 36.4. The van der Waals surface area contributed by atoms with Gasteiger partial charge in [0.1, 0.15) is 6.54 Å². The lowest BCUT2D eigenvalue weighted by atomic mass is 10.1. The Bertz CT molecular complexity index is 709. The molecule has 0 aliphatic carbocycles. The van der Waals surface area contributed by atoms with Crippen LogP contribution in [0, 0.1) is 0 Å². The zero-order valence-electron chi connectivity index (χ0n) is 12.3. The quantitative estimate of drug-likeness (QED) is 0.581. The SMILES string of the molecule is C=Cc1ccc(CC(CC[n+]2ccccc2)S(=O)(=O)[O-])cc1. The molecule has 0 radical (unpaired) electrons. The van der Waals surface area contributed by atoms with Gasteiger partial charge < -0.3 is 4.55 Å². The fourth-order valence-corrected chi connectivity index (χ4v) is 3.07. The maximum absolute atomic E-state index is 11.5. The van der Waals surface area contributed by atoms with E-state index >= 15 is 0 Å². The number of hydrogen-bond acceptors (Lipinski definition) is 3. The Kier molecular flexibility index (Phi) is 5.46. The third-order valence-electron chi connectivity index (χ3n) is 3.57. The highest BCUT2D eigenvalue weighted by atomic mass is 32.2. The molecule has 1 aromatic heterocycles. The Balaban J connectivity index is 2.07. The normalized spacial score (nSPS) is 12.8. The molecule has 1 aromatic carbocycles. The first-order valence-electron chi connectivity index (χ1n) is 7.09. The smallest absolute Gasteiger partial charge is 0.168 e. The molecule has 5 heteroatoms. The number of aryl methyl sites for hydroxylation is 1. The van der Waals surface area contributed by atoms with Crippen molar-refractivity contribution < 1.29 is 17.5 Å². The Hall–Kier alpha value is -1.98. The summed E-state index contributed by atoms with van der Waals surface area (Å²) >= 11 is 0. The van der Waals surface area contributed by atoms with E-state index in [0.29, 0.717) is 13.0 Å². The Labute approximate surface area is 131 Å². The Morgan fingerprint density at radius 1 is 1.14 bits per heavy atom. The molecule has 0 saturated heterocycles. The van der Waals surface area contributed by atoms with Gasteiger partial charge in [0.15, 0.2) is 12.4 Å². The van der Waals surface area contributed by atoms with Crippen LogP contribution in [0.4, 0.5) is 0 Å². The molecule has 4 nitrogen and oxygen atoms in total. The van der Waals surface area contributed by atoms with Gasteiger partial charge in [0, 0.05) is 18.6 Å². The fraction of sp³-hybridized carbons (Fsp3) is 0.235. The van der Waals surface area contributed by atoms with Gasteiger partial charge in [-0.05, 0) is 17.5 Å². The van der Waals surface area contributed by atoms with Gasteiger partial charge in [-0.1, -0.05) is 43.0 Å². The van der Waals surface area contributed by atoms with Crippen LogP contribution in [-0.4, -0.2) is 18.2 Å². The molecule has 0 spiro atoms. The minimum absolute atomic E-state index is 0.233. The van der Waals surface area contributed by atoms with Crippen LogP contribution >= 0.6 is 0 Å². The zero-order valence-corrected chi connectivity index (χ0v) is 13.1. The maximum Gasteiger partial charge on any atom is 0.168 e. The second kappa shape index (κ2) is 7.33. The molecule has 1 unspecified atom stereocenters. The van der Waals surface area contributed by atoms with Crippen LogP contribution in [0.3, 0.4) is 0 Å². The lowest BCUT2D eigenvalue weighted by molar-refractivity contribution is -0.697. The predicted molar refractivity (Wildman–Crippen MR) is 85.0 cm³/mol. The summed E-state index contributed by atoms with van der Waals surface area (Å²) in [7, 11) is -4.33. The highest BCUT2D eigenvalue weighted by Crippen LogP contribution is 2.14. The number of aromatic nitrogens is 1. The van der Waals surface area contributed by atoms with Gasteiger partial charge >= 0.3 is 0 Å². The summed E-state index contributed by atoms with van der Waals surface area (Å²) in [5.74, 6) is 0. The monoisotopic (exact) mass is 317 g/mol. The van der Waals surface area contributed by atoms with Crippen LogP contribution in [0.5, 0.6) is 0 Å².